The van der Waals surface area contributed by atoms with Gasteiger partial charge in [0.2, 0.25) is 5.88 Å². The molecule has 0 saturated heterocycles. The molecule has 0 fully saturated rings. The first-order valence-corrected chi connectivity index (χ1v) is 10.2. The molecular weight excluding hydrogens is 420 g/mol. The molecule has 1 aliphatic rings. The average molecular weight is 440 g/mol. The van der Waals surface area contributed by atoms with Crippen LogP contribution in [0.1, 0.15) is 22.9 Å². The maximum atomic E-state index is 12.8. The number of quaternary nitrogens is 1. The molecular formula is C22H20ClN4O4+. The minimum Gasteiger partial charge on any atom is -0.497 e. The second kappa shape index (κ2) is 7.33. The van der Waals surface area contributed by atoms with Gasteiger partial charge in [-0.15, -0.1) is 0 Å². The van der Waals surface area contributed by atoms with Crippen LogP contribution in [0.5, 0.6) is 11.6 Å². The Morgan fingerprint density at radius 1 is 1.19 bits per heavy atom. The summed E-state index contributed by atoms with van der Waals surface area (Å²) in [5, 5.41) is 14.4. The van der Waals surface area contributed by atoms with E-state index in [1.54, 1.807) is 31.4 Å². The van der Waals surface area contributed by atoms with E-state index in [0.29, 0.717) is 12.2 Å². The van der Waals surface area contributed by atoms with Gasteiger partial charge in [-0.3, -0.25) is 9.78 Å². The van der Waals surface area contributed by atoms with Gasteiger partial charge < -0.3 is 20.1 Å². The van der Waals surface area contributed by atoms with Crippen LogP contribution in [0.4, 0.5) is 0 Å². The van der Waals surface area contributed by atoms with Gasteiger partial charge in [0.25, 0.3) is 5.56 Å². The smallest absolute Gasteiger partial charge is 0.335 e. The normalized spacial score (nSPS) is 15.7. The van der Waals surface area contributed by atoms with E-state index in [1.165, 1.54) is 0 Å². The van der Waals surface area contributed by atoms with Crippen LogP contribution in [0.2, 0.25) is 5.02 Å². The minimum atomic E-state index is -0.753. The van der Waals surface area contributed by atoms with Gasteiger partial charge in [0.05, 0.1) is 30.1 Å². The fraction of sp³-hybridized carbons (Fsp3) is 0.182. The lowest BCUT2D eigenvalue weighted by molar-refractivity contribution is -0.690. The SMILES string of the molecule is COc1ccc2[nH]c3c(c2c1)CC[NH2+][C@H]3c1c(O)n(-c2ccccc2Cl)c(=O)[nH]c1=O. The molecule has 9 heteroatoms. The third kappa shape index (κ3) is 3.03. The Morgan fingerprint density at radius 2 is 2.00 bits per heavy atom. The van der Waals surface area contributed by atoms with E-state index in [1.807, 2.05) is 23.5 Å². The number of aromatic hydroxyl groups is 1. The second-order valence-corrected chi connectivity index (χ2v) is 7.87. The van der Waals surface area contributed by atoms with Crippen LogP contribution in [0, 0.1) is 0 Å². The molecule has 158 valence electrons. The highest BCUT2D eigenvalue weighted by Crippen LogP contribution is 2.34. The number of nitrogens with zero attached hydrogens (tertiary/aromatic N) is 1. The molecule has 0 radical (unpaired) electrons. The van der Waals surface area contributed by atoms with Crippen LogP contribution >= 0.6 is 11.6 Å². The molecule has 0 spiro atoms. The molecule has 1 atom stereocenters. The van der Waals surface area contributed by atoms with Crippen LogP contribution in [0.25, 0.3) is 16.6 Å². The van der Waals surface area contributed by atoms with Crippen molar-refractivity contribution < 1.29 is 15.2 Å². The summed E-state index contributed by atoms with van der Waals surface area (Å²) in [6, 6.07) is 11.9. The predicted octanol–water partition coefficient (Wildman–Crippen LogP) is 1.58. The lowest BCUT2D eigenvalue weighted by atomic mass is 9.95. The molecule has 2 aromatic carbocycles. The summed E-state index contributed by atoms with van der Waals surface area (Å²) < 4.78 is 6.39. The zero-order valence-electron chi connectivity index (χ0n) is 16.6. The molecule has 0 aliphatic carbocycles. The highest BCUT2D eigenvalue weighted by Gasteiger charge is 2.34. The predicted molar refractivity (Wildman–Crippen MR) is 117 cm³/mol. The number of ether oxygens (including phenoxy) is 1. The van der Waals surface area contributed by atoms with Crippen molar-refractivity contribution in [2.75, 3.05) is 13.7 Å². The Balaban J connectivity index is 1.74. The highest BCUT2D eigenvalue weighted by atomic mass is 35.5. The van der Waals surface area contributed by atoms with E-state index in [-0.39, 0.29) is 10.6 Å². The number of rotatable bonds is 3. The van der Waals surface area contributed by atoms with Crippen molar-refractivity contribution in [2.24, 2.45) is 0 Å². The summed E-state index contributed by atoms with van der Waals surface area (Å²) in [7, 11) is 1.62. The Bertz CT molecular complexity index is 1440. The van der Waals surface area contributed by atoms with Crippen molar-refractivity contribution in [2.45, 2.75) is 12.5 Å². The van der Waals surface area contributed by atoms with Crippen LogP contribution in [-0.2, 0) is 6.42 Å². The maximum Gasteiger partial charge on any atom is 0.335 e. The van der Waals surface area contributed by atoms with E-state index in [0.717, 1.165) is 38.9 Å². The van der Waals surface area contributed by atoms with Crippen LogP contribution in [0.15, 0.2) is 52.1 Å². The van der Waals surface area contributed by atoms with Gasteiger partial charge in [-0.25, -0.2) is 9.36 Å². The van der Waals surface area contributed by atoms with Crippen molar-refractivity contribution in [1.82, 2.24) is 14.5 Å². The fourth-order valence-corrected chi connectivity index (χ4v) is 4.58. The maximum absolute atomic E-state index is 12.8. The summed E-state index contributed by atoms with van der Waals surface area (Å²) in [6.45, 7) is 0.714. The van der Waals surface area contributed by atoms with Crippen molar-refractivity contribution in [3.8, 4) is 17.3 Å². The van der Waals surface area contributed by atoms with Gasteiger partial charge in [0, 0.05) is 17.3 Å². The van der Waals surface area contributed by atoms with Crippen molar-refractivity contribution >= 4 is 22.5 Å². The summed E-state index contributed by atoms with van der Waals surface area (Å²) in [4.78, 5) is 31.1. The molecule has 0 amide bonds. The number of hydrogen-bond donors (Lipinski definition) is 4. The number of nitrogens with one attached hydrogen (secondary N) is 2. The molecule has 5 rings (SSSR count). The molecule has 1 aliphatic heterocycles. The number of benzene rings is 2. The first-order valence-electron chi connectivity index (χ1n) is 9.84. The number of halogens is 1. The number of nitrogens with two attached hydrogens (primary N) is 1. The molecule has 5 N–H and O–H groups in total. The number of H-pyrrole nitrogens is 2. The first-order chi connectivity index (χ1) is 15.0. The molecule has 0 bridgehead atoms. The fourth-order valence-electron chi connectivity index (χ4n) is 4.36. The second-order valence-electron chi connectivity index (χ2n) is 7.46. The lowest BCUT2D eigenvalue weighted by Gasteiger charge is -2.22. The lowest BCUT2D eigenvalue weighted by Crippen LogP contribution is -2.87. The molecule has 31 heavy (non-hydrogen) atoms. The van der Waals surface area contributed by atoms with Gasteiger partial charge in [-0.2, -0.15) is 0 Å². The minimum absolute atomic E-state index is 0.0963. The molecule has 0 saturated carbocycles. The molecule has 0 unspecified atom stereocenters. The van der Waals surface area contributed by atoms with E-state index < -0.39 is 23.2 Å². The van der Waals surface area contributed by atoms with E-state index >= 15 is 0 Å². The van der Waals surface area contributed by atoms with Gasteiger partial charge in [0.1, 0.15) is 11.3 Å². The summed E-state index contributed by atoms with van der Waals surface area (Å²) in [5.41, 5.74) is 1.81. The summed E-state index contributed by atoms with van der Waals surface area (Å²) >= 11 is 6.26. The van der Waals surface area contributed by atoms with E-state index in [9.17, 15) is 14.7 Å². The number of aromatic amines is 2. The van der Waals surface area contributed by atoms with Crippen molar-refractivity contribution in [1.29, 1.82) is 0 Å². The van der Waals surface area contributed by atoms with Crippen LogP contribution in [0.3, 0.4) is 0 Å². The first kappa shape index (κ1) is 19.5. The zero-order valence-corrected chi connectivity index (χ0v) is 17.4. The topological polar surface area (TPSA) is 117 Å². The summed E-state index contributed by atoms with van der Waals surface area (Å²) in [6.07, 6.45) is 0.793. The highest BCUT2D eigenvalue weighted by molar-refractivity contribution is 6.32. The quantitative estimate of drug-likeness (QED) is 0.387. The van der Waals surface area contributed by atoms with Gasteiger partial charge >= 0.3 is 5.69 Å². The van der Waals surface area contributed by atoms with Crippen molar-refractivity contribution in [3.05, 3.63) is 85.1 Å². The molecule has 4 aromatic rings. The molecule has 2 aromatic heterocycles. The Morgan fingerprint density at radius 3 is 2.77 bits per heavy atom. The average Bonchev–Trinajstić information content (AvgIpc) is 3.13. The number of methoxy groups -OCH3 is 1. The third-order valence-corrected chi connectivity index (χ3v) is 6.10. The van der Waals surface area contributed by atoms with E-state index in [2.05, 4.69) is 9.97 Å². The monoisotopic (exact) mass is 439 g/mol. The van der Waals surface area contributed by atoms with Crippen molar-refractivity contribution in [3.63, 3.8) is 0 Å². The molecule has 8 nitrogen and oxygen atoms in total. The van der Waals surface area contributed by atoms with Gasteiger partial charge in [0.15, 0.2) is 6.04 Å². The largest absolute Gasteiger partial charge is 0.497 e. The van der Waals surface area contributed by atoms with Crippen LogP contribution < -0.4 is 21.3 Å². The number of hydrogen-bond acceptors (Lipinski definition) is 4. The number of aromatic nitrogens is 3. The Kier molecular flexibility index (Phi) is 4.60. The zero-order chi connectivity index (χ0) is 21.7. The van der Waals surface area contributed by atoms with Gasteiger partial charge in [-0.1, -0.05) is 23.7 Å². The molecule has 3 heterocycles. The third-order valence-electron chi connectivity index (χ3n) is 5.78. The van der Waals surface area contributed by atoms with Gasteiger partial charge in [-0.05, 0) is 35.9 Å². The Labute approximate surface area is 181 Å². The Hall–Kier alpha value is -3.49. The number of fused-ring (bicyclic) bond motifs is 3. The summed E-state index contributed by atoms with van der Waals surface area (Å²) in [5.74, 6) is 0.320. The standard InChI is InChI=1S/C22H19ClN4O4/c1-31-11-6-7-15-13(10-11)12-8-9-24-19(18(12)25-15)17-20(28)26-22(30)27(21(17)29)16-5-3-2-4-14(16)23/h2-7,10,19,24-25,29H,8-9H2,1H3,(H,26,28,30)/p+1/t19-/m0/s1. The van der Waals surface area contributed by atoms with Crippen LogP contribution in [-0.4, -0.2) is 33.3 Å². The van der Waals surface area contributed by atoms with E-state index in [4.69, 9.17) is 16.3 Å². The number of para-hydroxylation sites is 1.